The van der Waals surface area contributed by atoms with Crippen LogP contribution in [0.25, 0.3) is 0 Å². The van der Waals surface area contributed by atoms with Gasteiger partial charge in [-0.15, -0.1) is 0 Å². The van der Waals surface area contributed by atoms with Crippen molar-refractivity contribution in [3.05, 3.63) is 69.2 Å². The molecule has 1 N–H and O–H groups in total. The summed E-state index contributed by atoms with van der Waals surface area (Å²) in [4.78, 5) is 30.6. The quantitative estimate of drug-likeness (QED) is 0.497. The van der Waals surface area contributed by atoms with E-state index < -0.39 is 5.66 Å². The van der Waals surface area contributed by atoms with Crippen molar-refractivity contribution in [2.75, 3.05) is 13.1 Å². The molecule has 1 unspecified atom stereocenters. The van der Waals surface area contributed by atoms with Gasteiger partial charge in [-0.1, -0.05) is 68.6 Å². The number of halogens is 2. The first-order valence-corrected chi connectivity index (χ1v) is 13.4. The predicted octanol–water partition coefficient (Wildman–Crippen LogP) is 5.92. The van der Waals surface area contributed by atoms with Gasteiger partial charge in [-0.25, -0.2) is 0 Å². The van der Waals surface area contributed by atoms with Crippen LogP contribution in [0.2, 0.25) is 10.0 Å². The molecule has 1 atom stereocenters. The Labute approximate surface area is 218 Å². The molecular weight excluding hydrogens is 481 g/mol. The van der Waals surface area contributed by atoms with Crippen LogP contribution in [0.4, 0.5) is 0 Å². The van der Waals surface area contributed by atoms with Gasteiger partial charge in [0, 0.05) is 47.1 Å². The van der Waals surface area contributed by atoms with Gasteiger partial charge in [0.15, 0.2) is 0 Å². The molecule has 2 saturated heterocycles. The van der Waals surface area contributed by atoms with Gasteiger partial charge in [0.05, 0.1) is 18.2 Å². The molecule has 2 aliphatic rings. The van der Waals surface area contributed by atoms with Crippen LogP contribution in [0.1, 0.15) is 67.9 Å². The normalized spacial score (nSPS) is 19.7. The number of piperidine rings is 1. The van der Waals surface area contributed by atoms with E-state index in [2.05, 4.69) is 26.1 Å². The summed E-state index contributed by atoms with van der Waals surface area (Å²) in [6.07, 6.45) is 4.19. The summed E-state index contributed by atoms with van der Waals surface area (Å²) in [6.45, 7) is 7.92. The predicted molar refractivity (Wildman–Crippen MR) is 142 cm³/mol. The third kappa shape index (κ3) is 5.52. The Hall–Kier alpha value is -2.08. The Kier molecular flexibility index (Phi) is 8.09. The van der Waals surface area contributed by atoms with Gasteiger partial charge in [0.25, 0.3) is 5.91 Å². The van der Waals surface area contributed by atoms with Crippen molar-refractivity contribution >= 4 is 35.0 Å². The highest BCUT2D eigenvalue weighted by molar-refractivity contribution is 6.36. The summed E-state index contributed by atoms with van der Waals surface area (Å²) in [5.41, 5.74) is 2.22. The van der Waals surface area contributed by atoms with Crippen LogP contribution in [0.3, 0.4) is 0 Å². The highest BCUT2D eigenvalue weighted by Crippen LogP contribution is 2.37. The fourth-order valence-corrected chi connectivity index (χ4v) is 5.86. The van der Waals surface area contributed by atoms with Crippen LogP contribution in [0.15, 0.2) is 42.5 Å². The van der Waals surface area contributed by atoms with E-state index >= 15 is 0 Å². The van der Waals surface area contributed by atoms with Gasteiger partial charge in [-0.05, 0) is 48.6 Å². The molecule has 5 nitrogen and oxygen atoms in total. The number of benzene rings is 2. The molecule has 0 saturated carbocycles. The molecule has 2 heterocycles. The number of rotatable bonds is 7. The van der Waals surface area contributed by atoms with E-state index in [4.69, 9.17) is 23.2 Å². The van der Waals surface area contributed by atoms with Crippen LogP contribution >= 0.6 is 23.2 Å². The molecule has 2 aromatic carbocycles. The fraction of sp³-hybridized carbons (Fsp3) is 0.500. The van der Waals surface area contributed by atoms with Gasteiger partial charge in [0.1, 0.15) is 0 Å². The molecule has 1 spiro atoms. The maximum atomic E-state index is 13.6. The van der Waals surface area contributed by atoms with Gasteiger partial charge < -0.3 is 9.80 Å². The smallest absolute Gasteiger partial charge is 0.253 e. The number of nitrogens with zero attached hydrogens (tertiary/aromatic N) is 2. The number of hydrogen-bond donors (Lipinski definition) is 1. The highest BCUT2D eigenvalue weighted by atomic mass is 35.5. The molecule has 7 heteroatoms. The highest BCUT2D eigenvalue weighted by Gasteiger charge is 2.52. The maximum Gasteiger partial charge on any atom is 0.253 e. The summed E-state index contributed by atoms with van der Waals surface area (Å²) >= 11 is 12.9. The molecule has 0 radical (unpaired) electrons. The number of carbonyl (C=O) groups is 2. The molecule has 35 heavy (non-hydrogen) atoms. The van der Waals surface area contributed by atoms with E-state index in [0.717, 1.165) is 24.8 Å². The van der Waals surface area contributed by atoms with Crippen LogP contribution in [-0.2, 0) is 17.8 Å². The van der Waals surface area contributed by atoms with Gasteiger partial charge in [-0.3, -0.25) is 14.9 Å². The lowest BCUT2D eigenvalue weighted by Crippen LogP contribution is -2.59. The van der Waals surface area contributed by atoms with Gasteiger partial charge in [-0.2, -0.15) is 0 Å². The summed E-state index contributed by atoms with van der Waals surface area (Å²) in [5, 5.41) is 4.79. The number of hydrogen-bond acceptors (Lipinski definition) is 3. The molecule has 0 bridgehead atoms. The van der Waals surface area contributed by atoms with Crippen LogP contribution in [-0.4, -0.2) is 46.4 Å². The van der Waals surface area contributed by atoms with Gasteiger partial charge >= 0.3 is 0 Å². The lowest BCUT2D eigenvalue weighted by molar-refractivity contribution is -0.134. The average molecular weight is 517 g/mol. The molecule has 188 valence electrons. The minimum atomic E-state index is -0.513. The Morgan fingerprint density at radius 1 is 1.09 bits per heavy atom. The average Bonchev–Trinajstić information content (AvgIpc) is 3.06. The topological polar surface area (TPSA) is 52.7 Å². The first kappa shape index (κ1) is 26.0. The monoisotopic (exact) mass is 515 g/mol. The molecule has 2 aliphatic heterocycles. The fourth-order valence-electron chi connectivity index (χ4n) is 5.34. The first-order chi connectivity index (χ1) is 16.7. The second kappa shape index (κ2) is 10.9. The second-order valence-corrected chi connectivity index (χ2v) is 11.0. The summed E-state index contributed by atoms with van der Waals surface area (Å²) in [7, 11) is 0. The van der Waals surface area contributed by atoms with Crippen molar-refractivity contribution in [2.24, 2.45) is 5.92 Å². The molecule has 4 rings (SSSR count). The van der Waals surface area contributed by atoms with E-state index in [1.807, 2.05) is 52.3 Å². The van der Waals surface area contributed by atoms with E-state index in [1.165, 1.54) is 5.56 Å². The molecule has 2 fully saturated rings. The van der Waals surface area contributed by atoms with Crippen molar-refractivity contribution in [3.63, 3.8) is 0 Å². The minimum absolute atomic E-state index is 0.0478. The van der Waals surface area contributed by atoms with Gasteiger partial charge in [0.2, 0.25) is 5.91 Å². The third-order valence-corrected chi connectivity index (χ3v) is 7.93. The maximum absolute atomic E-state index is 13.6. The van der Waals surface area contributed by atoms with E-state index in [-0.39, 0.29) is 17.9 Å². The largest absolute Gasteiger partial charge is 0.338 e. The van der Waals surface area contributed by atoms with Crippen molar-refractivity contribution in [1.29, 1.82) is 0 Å². The summed E-state index contributed by atoms with van der Waals surface area (Å²) in [5.74, 6) is 0.516. The Balaban J connectivity index is 1.53. The number of carbonyl (C=O) groups excluding carboxylic acids is 2. The SMILES string of the molecule is CCCc1ccc(C(=O)N2CCC3(CC2)NC(CC(C)C)C(=O)N3Cc2c(Cl)cccc2Cl)cc1. The molecular formula is C28H35Cl2N3O2. The van der Waals surface area contributed by atoms with Crippen LogP contribution < -0.4 is 5.32 Å². The first-order valence-electron chi connectivity index (χ1n) is 12.6. The lowest BCUT2D eigenvalue weighted by Gasteiger charge is -2.45. The number of nitrogens with one attached hydrogen (secondary N) is 1. The summed E-state index contributed by atoms with van der Waals surface area (Å²) < 4.78 is 0. The zero-order valence-electron chi connectivity index (χ0n) is 20.8. The molecule has 0 aromatic heterocycles. The van der Waals surface area contributed by atoms with E-state index in [9.17, 15) is 9.59 Å². The Bertz CT molecular complexity index is 1040. The minimum Gasteiger partial charge on any atom is -0.338 e. The number of likely N-dealkylation sites (tertiary alicyclic amines) is 1. The number of aryl methyl sites for hydroxylation is 1. The van der Waals surface area contributed by atoms with E-state index in [0.29, 0.717) is 54.0 Å². The van der Waals surface area contributed by atoms with E-state index in [1.54, 1.807) is 0 Å². The standard InChI is InChI=1S/C28H35Cl2N3O2/c1-4-6-20-9-11-21(12-10-20)26(34)32-15-13-28(14-16-32)31-25(17-19(2)3)27(35)33(28)18-22-23(29)7-5-8-24(22)30/h5,7-12,19,25,31H,4,6,13-18H2,1-3H3. The van der Waals surface area contributed by atoms with Crippen molar-refractivity contribution in [3.8, 4) is 0 Å². The van der Waals surface area contributed by atoms with Crippen LogP contribution in [0.5, 0.6) is 0 Å². The molecule has 2 aromatic rings. The van der Waals surface area contributed by atoms with Crippen molar-refractivity contribution in [2.45, 2.75) is 71.1 Å². The zero-order valence-corrected chi connectivity index (χ0v) is 22.3. The van der Waals surface area contributed by atoms with Crippen LogP contribution in [0, 0.1) is 5.92 Å². The Morgan fingerprint density at radius 2 is 1.71 bits per heavy atom. The Morgan fingerprint density at radius 3 is 2.29 bits per heavy atom. The van der Waals surface area contributed by atoms with Crippen molar-refractivity contribution in [1.82, 2.24) is 15.1 Å². The molecule has 2 amide bonds. The zero-order chi connectivity index (χ0) is 25.2. The summed E-state index contributed by atoms with van der Waals surface area (Å²) in [6, 6.07) is 13.1. The number of amides is 2. The third-order valence-electron chi connectivity index (χ3n) is 7.23. The van der Waals surface area contributed by atoms with Crippen molar-refractivity contribution < 1.29 is 9.59 Å². The second-order valence-electron chi connectivity index (χ2n) is 10.2. The lowest BCUT2D eigenvalue weighted by atomic mass is 9.94. The molecule has 0 aliphatic carbocycles.